The van der Waals surface area contributed by atoms with Gasteiger partial charge in [-0.05, 0) is 49.6 Å². The molecule has 0 radical (unpaired) electrons. The Balaban J connectivity index is 1.82. The highest BCUT2D eigenvalue weighted by atomic mass is 32.2. The molecule has 1 amide bonds. The maximum atomic E-state index is 13.3. The normalized spacial score (nSPS) is 14.9. The van der Waals surface area contributed by atoms with E-state index < -0.39 is 20.9 Å². The summed E-state index contributed by atoms with van der Waals surface area (Å²) in [4.78, 5) is 23.9. The topological polar surface area (TPSA) is 131 Å². The standard InChI is InChI=1S/C23H30N4O6S/c1-17-7-9-19(16-22(17)34(31,32)26-12-5-3-4-6-13-26)25-23(28)18-8-10-20(24-11-14-33-2)21(15-18)27(29)30/h7-10,15-16,24H,3-6,11-14H2,1-2H3,(H,25,28). The molecule has 0 spiro atoms. The highest BCUT2D eigenvalue weighted by molar-refractivity contribution is 7.89. The molecule has 0 bridgehead atoms. The zero-order valence-electron chi connectivity index (χ0n) is 19.4. The highest BCUT2D eigenvalue weighted by Gasteiger charge is 2.27. The van der Waals surface area contributed by atoms with Crippen LogP contribution in [0.25, 0.3) is 0 Å². The number of nitro benzene ring substituents is 1. The van der Waals surface area contributed by atoms with Gasteiger partial charge in [0.05, 0.1) is 16.4 Å². The fourth-order valence-corrected chi connectivity index (χ4v) is 5.61. The predicted molar refractivity (Wildman–Crippen MR) is 130 cm³/mol. The Bertz CT molecular complexity index is 1140. The van der Waals surface area contributed by atoms with Gasteiger partial charge in [-0.1, -0.05) is 18.9 Å². The van der Waals surface area contributed by atoms with E-state index in [2.05, 4.69) is 10.6 Å². The minimum Gasteiger partial charge on any atom is -0.383 e. The van der Waals surface area contributed by atoms with Crippen molar-refractivity contribution < 1.29 is 22.9 Å². The van der Waals surface area contributed by atoms with Gasteiger partial charge in [0.1, 0.15) is 5.69 Å². The number of nitrogens with one attached hydrogen (secondary N) is 2. The minimum atomic E-state index is -3.70. The molecule has 0 aliphatic carbocycles. The second kappa shape index (κ2) is 11.4. The summed E-state index contributed by atoms with van der Waals surface area (Å²) in [6, 6.07) is 8.83. The molecular formula is C23H30N4O6S. The average molecular weight is 491 g/mol. The number of sulfonamides is 1. The van der Waals surface area contributed by atoms with Crippen LogP contribution in [0.4, 0.5) is 17.1 Å². The van der Waals surface area contributed by atoms with Crippen LogP contribution in [0.3, 0.4) is 0 Å². The summed E-state index contributed by atoms with van der Waals surface area (Å²) in [5.41, 5.74) is 1.01. The zero-order chi connectivity index (χ0) is 24.7. The van der Waals surface area contributed by atoms with E-state index >= 15 is 0 Å². The average Bonchev–Trinajstić information content (AvgIpc) is 3.10. The number of carbonyl (C=O) groups excluding carboxylic acids is 1. The van der Waals surface area contributed by atoms with Crippen LogP contribution in [0.5, 0.6) is 0 Å². The third-order valence-electron chi connectivity index (χ3n) is 5.71. The summed E-state index contributed by atoms with van der Waals surface area (Å²) in [5.74, 6) is -0.575. The summed E-state index contributed by atoms with van der Waals surface area (Å²) in [5, 5.41) is 17.1. The summed E-state index contributed by atoms with van der Waals surface area (Å²) < 4.78 is 33.0. The summed E-state index contributed by atoms with van der Waals surface area (Å²) in [6.45, 7) is 3.42. The van der Waals surface area contributed by atoms with Gasteiger partial charge in [0, 0.05) is 44.1 Å². The van der Waals surface area contributed by atoms with Crippen LogP contribution < -0.4 is 10.6 Å². The molecule has 1 aliphatic heterocycles. The number of ether oxygens (including phenoxy) is 1. The number of hydrogen-bond donors (Lipinski definition) is 2. The van der Waals surface area contributed by atoms with Crippen molar-refractivity contribution >= 4 is 33.0 Å². The maximum Gasteiger partial charge on any atom is 0.293 e. The van der Waals surface area contributed by atoms with E-state index in [1.165, 1.54) is 35.7 Å². The molecule has 2 aromatic rings. The van der Waals surface area contributed by atoms with Gasteiger partial charge in [-0.15, -0.1) is 0 Å². The molecule has 184 valence electrons. The van der Waals surface area contributed by atoms with Crippen LogP contribution in [0.1, 0.15) is 41.6 Å². The van der Waals surface area contributed by atoms with Crippen molar-refractivity contribution in [1.29, 1.82) is 0 Å². The van der Waals surface area contributed by atoms with Crippen molar-refractivity contribution in [3.05, 3.63) is 57.6 Å². The summed E-state index contributed by atoms with van der Waals surface area (Å²) >= 11 is 0. The van der Waals surface area contributed by atoms with Crippen molar-refractivity contribution in [3.8, 4) is 0 Å². The van der Waals surface area contributed by atoms with E-state index in [1.54, 1.807) is 19.1 Å². The van der Waals surface area contributed by atoms with Gasteiger partial charge in [0.25, 0.3) is 11.6 Å². The molecular weight excluding hydrogens is 460 g/mol. The zero-order valence-corrected chi connectivity index (χ0v) is 20.2. The van der Waals surface area contributed by atoms with Gasteiger partial charge >= 0.3 is 0 Å². The number of aryl methyl sites for hydroxylation is 1. The molecule has 1 heterocycles. The largest absolute Gasteiger partial charge is 0.383 e. The number of benzene rings is 2. The Kier molecular flexibility index (Phi) is 8.59. The third-order valence-corrected chi connectivity index (χ3v) is 7.75. The molecule has 0 atom stereocenters. The Morgan fingerprint density at radius 3 is 2.47 bits per heavy atom. The first kappa shape index (κ1) is 25.6. The molecule has 3 rings (SSSR count). The molecule has 0 unspecified atom stereocenters. The number of nitrogens with zero attached hydrogens (tertiary/aromatic N) is 2. The molecule has 1 aliphatic rings. The molecule has 0 aromatic heterocycles. The summed E-state index contributed by atoms with van der Waals surface area (Å²) in [7, 11) is -2.17. The van der Waals surface area contributed by atoms with E-state index in [0.29, 0.717) is 37.5 Å². The van der Waals surface area contributed by atoms with Crippen LogP contribution in [0.2, 0.25) is 0 Å². The Labute approximate surface area is 199 Å². The third kappa shape index (κ3) is 6.10. The maximum absolute atomic E-state index is 13.3. The number of methoxy groups -OCH3 is 1. The minimum absolute atomic E-state index is 0.0847. The first-order valence-corrected chi connectivity index (χ1v) is 12.6. The van der Waals surface area contributed by atoms with E-state index in [-0.39, 0.29) is 21.8 Å². The van der Waals surface area contributed by atoms with E-state index in [1.807, 2.05) is 0 Å². The van der Waals surface area contributed by atoms with Gasteiger partial charge in [0.2, 0.25) is 10.0 Å². The van der Waals surface area contributed by atoms with Gasteiger partial charge < -0.3 is 15.4 Å². The Morgan fingerprint density at radius 2 is 1.82 bits per heavy atom. The lowest BCUT2D eigenvalue weighted by molar-refractivity contribution is -0.384. The first-order chi connectivity index (χ1) is 16.2. The van der Waals surface area contributed by atoms with Crippen molar-refractivity contribution in [1.82, 2.24) is 4.31 Å². The molecule has 2 aromatic carbocycles. The Morgan fingerprint density at radius 1 is 1.12 bits per heavy atom. The molecule has 10 nitrogen and oxygen atoms in total. The molecule has 11 heteroatoms. The van der Waals surface area contributed by atoms with Crippen LogP contribution in [0.15, 0.2) is 41.3 Å². The number of anilines is 2. The molecule has 0 saturated carbocycles. The van der Waals surface area contributed by atoms with E-state index in [0.717, 1.165) is 25.7 Å². The number of amides is 1. The first-order valence-electron chi connectivity index (χ1n) is 11.2. The van der Waals surface area contributed by atoms with Crippen LogP contribution in [0, 0.1) is 17.0 Å². The predicted octanol–water partition coefficient (Wildman–Crippen LogP) is 3.78. The van der Waals surface area contributed by atoms with Crippen LogP contribution in [-0.4, -0.2) is 56.9 Å². The van der Waals surface area contributed by atoms with Crippen molar-refractivity contribution in [2.75, 3.05) is 44.0 Å². The molecule has 1 saturated heterocycles. The smallest absolute Gasteiger partial charge is 0.293 e. The van der Waals surface area contributed by atoms with Crippen LogP contribution in [-0.2, 0) is 14.8 Å². The summed E-state index contributed by atoms with van der Waals surface area (Å²) in [6.07, 6.45) is 3.66. The lowest BCUT2D eigenvalue weighted by Gasteiger charge is -2.21. The van der Waals surface area contributed by atoms with Crippen molar-refractivity contribution in [3.63, 3.8) is 0 Å². The van der Waals surface area contributed by atoms with Crippen molar-refractivity contribution in [2.24, 2.45) is 0 Å². The van der Waals surface area contributed by atoms with E-state index in [4.69, 9.17) is 4.74 Å². The highest BCUT2D eigenvalue weighted by Crippen LogP contribution is 2.28. The van der Waals surface area contributed by atoms with Crippen molar-refractivity contribution in [2.45, 2.75) is 37.5 Å². The SMILES string of the molecule is COCCNc1ccc(C(=O)Nc2ccc(C)c(S(=O)(=O)N3CCCCCC3)c2)cc1[N+](=O)[O-]. The molecule has 2 N–H and O–H groups in total. The van der Waals surface area contributed by atoms with E-state index in [9.17, 15) is 23.3 Å². The monoisotopic (exact) mass is 490 g/mol. The fraction of sp³-hybridized carbons (Fsp3) is 0.435. The second-order valence-corrected chi connectivity index (χ2v) is 10.1. The molecule has 1 fully saturated rings. The Hall–Kier alpha value is -3.02. The van der Waals surface area contributed by atoms with Gasteiger partial charge in [-0.2, -0.15) is 4.31 Å². The number of carbonyl (C=O) groups is 1. The quantitative estimate of drug-likeness (QED) is 0.311. The number of rotatable bonds is 9. The fourth-order valence-electron chi connectivity index (χ4n) is 3.84. The molecule has 34 heavy (non-hydrogen) atoms. The van der Waals surface area contributed by atoms with Crippen LogP contribution >= 0.6 is 0 Å². The lowest BCUT2D eigenvalue weighted by atomic mass is 10.1. The lowest BCUT2D eigenvalue weighted by Crippen LogP contribution is -2.32. The second-order valence-electron chi connectivity index (χ2n) is 8.16. The number of nitro groups is 1. The van der Waals surface area contributed by atoms with Gasteiger partial charge in [0.15, 0.2) is 0 Å². The van der Waals surface area contributed by atoms with Gasteiger partial charge in [-0.3, -0.25) is 14.9 Å². The number of hydrogen-bond acceptors (Lipinski definition) is 7. The van der Waals surface area contributed by atoms with Gasteiger partial charge in [-0.25, -0.2) is 8.42 Å².